The van der Waals surface area contributed by atoms with Gasteiger partial charge in [-0.25, -0.2) is 0 Å². The molecule has 1 aromatic carbocycles. The minimum Gasteiger partial charge on any atom is -0.327 e. The predicted octanol–water partition coefficient (Wildman–Crippen LogP) is 2.04. The molecule has 2 atom stereocenters. The number of hydrogen-bond acceptors (Lipinski definition) is 2. The van der Waals surface area contributed by atoms with Gasteiger partial charge in [0.1, 0.15) is 0 Å². The molecule has 0 bridgehead atoms. The number of hydrogen-bond donors (Lipinski definition) is 1. The molecule has 2 heteroatoms. The third kappa shape index (κ3) is 2.70. The standard InChI is InChI=1S/C15H22N2/c16-15(10-12-4-2-1-3-5-12)13-8-9-17(11-13)14-6-7-14/h1-5,13-15H,6-11,16H2. The average Bonchev–Trinajstić information content (AvgIpc) is 3.08. The van der Waals surface area contributed by atoms with Crippen molar-refractivity contribution in [2.45, 2.75) is 37.8 Å². The lowest BCUT2D eigenvalue weighted by Gasteiger charge is -2.20. The third-order valence-corrected chi connectivity index (χ3v) is 4.24. The zero-order valence-corrected chi connectivity index (χ0v) is 10.4. The van der Waals surface area contributed by atoms with Crippen LogP contribution in [0.1, 0.15) is 24.8 Å². The summed E-state index contributed by atoms with van der Waals surface area (Å²) in [7, 11) is 0. The van der Waals surface area contributed by atoms with Crippen molar-refractivity contribution in [3.8, 4) is 0 Å². The molecular weight excluding hydrogens is 208 g/mol. The molecule has 1 aliphatic carbocycles. The monoisotopic (exact) mass is 230 g/mol. The summed E-state index contributed by atoms with van der Waals surface area (Å²) >= 11 is 0. The van der Waals surface area contributed by atoms with E-state index in [2.05, 4.69) is 35.2 Å². The summed E-state index contributed by atoms with van der Waals surface area (Å²) in [5, 5.41) is 0. The van der Waals surface area contributed by atoms with Crippen molar-refractivity contribution in [3.63, 3.8) is 0 Å². The minimum absolute atomic E-state index is 0.334. The van der Waals surface area contributed by atoms with Gasteiger partial charge in [-0.15, -0.1) is 0 Å². The van der Waals surface area contributed by atoms with Gasteiger partial charge in [-0.1, -0.05) is 30.3 Å². The Morgan fingerprint density at radius 3 is 2.65 bits per heavy atom. The smallest absolute Gasteiger partial charge is 0.0120 e. The molecule has 0 spiro atoms. The first-order chi connectivity index (χ1) is 8.33. The van der Waals surface area contributed by atoms with Gasteiger partial charge in [0.25, 0.3) is 0 Å². The van der Waals surface area contributed by atoms with Crippen molar-refractivity contribution in [1.29, 1.82) is 0 Å². The highest BCUT2D eigenvalue weighted by Gasteiger charge is 2.36. The number of nitrogens with zero attached hydrogens (tertiary/aromatic N) is 1. The van der Waals surface area contributed by atoms with Gasteiger partial charge in [-0.2, -0.15) is 0 Å². The fourth-order valence-electron chi connectivity index (χ4n) is 2.99. The average molecular weight is 230 g/mol. The summed E-state index contributed by atoms with van der Waals surface area (Å²) in [6, 6.07) is 11.9. The largest absolute Gasteiger partial charge is 0.327 e. The van der Waals surface area contributed by atoms with Crippen molar-refractivity contribution in [1.82, 2.24) is 4.90 Å². The summed E-state index contributed by atoms with van der Waals surface area (Å²) in [6.45, 7) is 2.51. The molecule has 2 fully saturated rings. The fraction of sp³-hybridized carbons (Fsp3) is 0.600. The molecule has 2 unspecified atom stereocenters. The SMILES string of the molecule is NC(Cc1ccccc1)C1CCN(C2CC2)C1. The molecule has 1 heterocycles. The predicted molar refractivity (Wildman–Crippen MR) is 70.8 cm³/mol. The normalized spacial score (nSPS) is 27.2. The van der Waals surface area contributed by atoms with E-state index in [4.69, 9.17) is 5.73 Å². The van der Waals surface area contributed by atoms with Gasteiger partial charge >= 0.3 is 0 Å². The van der Waals surface area contributed by atoms with Crippen LogP contribution in [0.5, 0.6) is 0 Å². The number of benzene rings is 1. The molecule has 3 rings (SSSR count). The maximum atomic E-state index is 6.37. The molecule has 0 amide bonds. The Labute approximate surface area is 104 Å². The molecule has 2 N–H and O–H groups in total. The Bertz CT molecular complexity index is 358. The Morgan fingerprint density at radius 2 is 1.94 bits per heavy atom. The van der Waals surface area contributed by atoms with E-state index in [1.807, 2.05) is 0 Å². The molecule has 2 aliphatic rings. The molecule has 2 nitrogen and oxygen atoms in total. The molecular formula is C15H22N2. The number of nitrogens with two attached hydrogens (primary N) is 1. The maximum absolute atomic E-state index is 6.37. The third-order valence-electron chi connectivity index (χ3n) is 4.24. The van der Waals surface area contributed by atoms with Crippen molar-refractivity contribution in [2.75, 3.05) is 13.1 Å². The highest BCUT2D eigenvalue weighted by Crippen LogP contribution is 2.32. The minimum atomic E-state index is 0.334. The van der Waals surface area contributed by atoms with E-state index in [0.29, 0.717) is 12.0 Å². The molecule has 0 aromatic heterocycles. The van der Waals surface area contributed by atoms with Crippen LogP contribution < -0.4 is 5.73 Å². The van der Waals surface area contributed by atoms with Gasteiger partial charge in [0, 0.05) is 18.6 Å². The molecule has 0 radical (unpaired) electrons. The Balaban J connectivity index is 1.54. The number of likely N-dealkylation sites (tertiary alicyclic amines) is 1. The topological polar surface area (TPSA) is 29.3 Å². The van der Waals surface area contributed by atoms with Gasteiger partial charge in [0.15, 0.2) is 0 Å². The summed E-state index contributed by atoms with van der Waals surface area (Å²) < 4.78 is 0. The Morgan fingerprint density at radius 1 is 1.18 bits per heavy atom. The summed E-state index contributed by atoms with van der Waals surface area (Å²) in [4.78, 5) is 2.65. The zero-order chi connectivity index (χ0) is 11.7. The van der Waals surface area contributed by atoms with Crippen molar-refractivity contribution in [3.05, 3.63) is 35.9 Å². The van der Waals surface area contributed by atoms with Gasteiger partial charge in [0.2, 0.25) is 0 Å². The first-order valence-corrected chi connectivity index (χ1v) is 6.86. The maximum Gasteiger partial charge on any atom is 0.0120 e. The highest BCUT2D eigenvalue weighted by atomic mass is 15.2. The number of rotatable bonds is 4. The van der Waals surface area contributed by atoms with Gasteiger partial charge in [-0.05, 0) is 43.7 Å². The molecule has 1 aliphatic heterocycles. The van der Waals surface area contributed by atoms with Crippen LogP contribution in [-0.4, -0.2) is 30.1 Å². The lowest BCUT2D eigenvalue weighted by atomic mass is 9.94. The van der Waals surface area contributed by atoms with Crippen LogP contribution in [0.15, 0.2) is 30.3 Å². The zero-order valence-electron chi connectivity index (χ0n) is 10.4. The summed E-state index contributed by atoms with van der Waals surface area (Å²) in [6.07, 6.45) is 5.16. The summed E-state index contributed by atoms with van der Waals surface area (Å²) in [5.41, 5.74) is 7.75. The van der Waals surface area contributed by atoms with Crippen LogP contribution in [0.2, 0.25) is 0 Å². The van der Waals surface area contributed by atoms with Crippen molar-refractivity contribution < 1.29 is 0 Å². The lowest BCUT2D eigenvalue weighted by molar-refractivity contribution is 0.303. The molecule has 17 heavy (non-hydrogen) atoms. The van der Waals surface area contributed by atoms with E-state index in [9.17, 15) is 0 Å². The van der Waals surface area contributed by atoms with E-state index in [-0.39, 0.29) is 0 Å². The van der Waals surface area contributed by atoms with Crippen LogP contribution in [0.25, 0.3) is 0 Å². The van der Waals surface area contributed by atoms with Gasteiger partial charge in [0.05, 0.1) is 0 Å². The molecule has 92 valence electrons. The van der Waals surface area contributed by atoms with E-state index in [0.717, 1.165) is 12.5 Å². The van der Waals surface area contributed by atoms with Crippen molar-refractivity contribution in [2.24, 2.45) is 11.7 Å². The van der Waals surface area contributed by atoms with Crippen LogP contribution in [0.4, 0.5) is 0 Å². The first kappa shape index (κ1) is 11.2. The highest BCUT2D eigenvalue weighted by molar-refractivity contribution is 5.16. The van der Waals surface area contributed by atoms with E-state index < -0.39 is 0 Å². The molecule has 1 saturated carbocycles. The Hall–Kier alpha value is -0.860. The van der Waals surface area contributed by atoms with Gasteiger partial charge in [-0.3, -0.25) is 0 Å². The van der Waals surface area contributed by atoms with E-state index in [1.165, 1.54) is 37.9 Å². The van der Waals surface area contributed by atoms with Crippen molar-refractivity contribution >= 4 is 0 Å². The van der Waals surface area contributed by atoms with Crippen LogP contribution in [0, 0.1) is 5.92 Å². The van der Waals surface area contributed by atoms with Crippen LogP contribution in [0.3, 0.4) is 0 Å². The molecule has 1 aromatic rings. The fourth-order valence-corrected chi connectivity index (χ4v) is 2.99. The van der Waals surface area contributed by atoms with E-state index >= 15 is 0 Å². The van der Waals surface area contributed by atoms with E-state index in [1.54, 1.807) is 0 Å². The second kappa shape index (κ2) is 4.79. The van der Waals surface area contributed by atoms with Crippen LogP contribution >= 0.6 is 0 Å². The lowest BCUT2D eigenvalue weighted by Crippen LogP contribution is -2.34. The van der Waals surface area contributed by atoms with Gasteiger partial charge < -0.3 is 10.6 Å². The second-order valence-electron chi connectivity index (χ2n) is 5.63. The second-order valence-corrected chi connectivity index (χ2v) is 5.63. The first-order valence-electron chi connectivity index (χ1n) is 6.86. The Kier molecular flexibility index (Phi) is 3.17. The quantitative estimate of drug-likeness (QED) is 0.857. The van der Waals surface area contributed by atoms with Crippen LogP contribution in [-0.2, 0) is 6.42 Å². The summed E-state index contributed by atoms with van der Waals surface area (Å²) in [5.74, 6) is 0.704. The molecule has 1 saturated heterocycles.